The highest BCUT2D eigenvalue weighted by Crippen LogP contribution is 2.24. The van der Waals surface area contributed by atoms with Crippen LogP contribution in [0.4, 0.5) is 11.6 Å². The Kier molecular flexibility index (Phi) is 7.47. The van der Waals surface area contributed by atoms with E-state index in [9.17, 15) is 4.79 Å². The standard InChI is InChI=1S/C26H29N5O4/c32-25(27-7-2-9-31-10-13-33-14-11-31)20-15-19-3-1-12-34-18-22-4-5-24(35-22)23-6-8-28-26(30-23)29-21(16-19)17-20/h1,3-6,8,15-17H,2,7,9-14,18H2,(H,27,32)(H,28,29,30)/b3-1+. The Morgan fingerprint density at radius 3 is 2.94 bits per heavy atom. The minimum atomic E-state index is -0.114. The van der Waals surface area contributed by atoms with Crippen LogP contribution in [0.25, 0.3) is 17.5 Å². The first-order valence-electron chi connectivity index (χ1n) is 11.9. The summed E-state index contributed by atoms with van der Waals surface area (Å²) in [6, 6.07) is 11.2. The molecule has 1 saturated heterocycles. The Morgan fingerprint density at radius 1 is 1.11 bits per heavy atom. The van der Waals surface area contributed by atoms with Crippen molar-refractivity contribution in [3.8, 4) is 11.5 Å². The largest absolute Gasteiger partial charge is 0.457 e. The molecular weight excluding hydrogens is 446 g/mol. The first kappa shape index (κ1) is 23.2. The van der Waals surface area contributed by atoms with E-state index >= 15 is 0 Å². The minimum Gasteiger partial charge on any atom is -0.457 e. The van der Waals surface area contributed by atoms with Crippen molar-refractivity contribution in [3.05, 3.63) is 65.6 Å². The molecule has 0 aliphatic carbocycles. The van der Waals surface area contributed by atoms with Gasteiger partial charge in [0.25, 0.3) is 5.91 Å². The second kappa shape index (κ2) is 11.3. The Balaban J connectivity index is 1.31. The van der Waals surface area contributed by atoms with Crippen LogP contribution in [0.5, 0.6) is 0 Å². The number of fused-ring (bicyclic) bond motifs is 7. The van der Waals surface area contributed by atoms with E-state index in [0.29, 0.717) is 42.7 Å². The molecule has 35 heavy (non-hydrogen) atoms. The van der Waals surface area contributed by atoms with Gasteiger partial charge in [0, 0.05) is 37.1 Å². The maximum absolute atomic E-state index is 12.9. The fourth-order valence-corrected chi connectivity index (χ4v) is 4.07. The number of hydrogen-bond donors (Lipinski definition) is 2. The van der Waals surface area contributed by atoms with E-state index in [1.807, 2.05) is 42.5 Å². The quantitative estimate of drug-likeness (QED) is 0.541. The molecule has 1 aromatic carbocycles. The van der Waals surface area contributed by atoms with Crippen LogP contribution in [0.3, 0.4) is 0 Å². The molecule has 0 spiro atoms. The van der Waals surface area contributed by atoms with Gasteiger partial charge in [-0.2, -0.15) is 0 Å². The highest BCUT2D eigenvalue weighted by Gasteiger charge is 2.13. The van der Waals surface area contributed by atoms with Gasteiger partial charge >= 0.3 is 0 Å². The van der Waals surface area contributed by atoms with Crippen molar-refractivity contribution in [2.24, 2.45) is 0 Å². The summed E-state index contributed by atoms with van der Waals surface area (Å²) in [6.07, 6.45) is 6.42. The van der Waals surface area contributed by atoms with Crippen LogP contribution in [0.1, 0.15) is 28.1 Å². The SMILES string of the molecule is O=C(NCCCN1CCOCC1)c1cc2cc(c1)Nc1nccc(n1)-c1ccc(o1)COC/C=C/2. The molecule has 9 heteroatoms. The maximum atomic E-state index is 12.9. The molecule has 1 amide bonds. The van der Waals surface area contributed by atoms with E-state index in [4.69, 9.17) is 13.9 Å². The summed E-state index contributed by atoms with van der Waals surface area (Å²) in [5.41, 5.74) is 2.83. The number of nitrogens with one attached hydrogen (secondary N) is 2. The Hall–Kier alpha value is -3.53. The number of morpholine rings is 1. The molecule has 4 heterocycles. The Morgan fingerprint density at radius 2 is 2.03 bits per heavy atom. The number of hydrogen-bond acceptors (Lipinski definition) is 8. The number of anilines is 2. The molecular formula is C26H29N5O4. The van der Waals surface area contributed by atoms with E-state index in [-0.39, 0.29) is 5.91 Å². The molecule has 182 valence electrons. The van der Waals surface area contributed by atoms with Gasteiger partial charge in [-0.25, -0.2) is 9.97 Å². The lowest BCUT2D eigenvalue weighted by molar-refractivity contribution is 0.0374. The van der Waals surface area contributed by atoms with Gasteiger partial charge in [-0.05, 0) is 54.9 Å². The third-order valence-electron chi connectivity index (χ3n) is 5.85. The van der Waals surface area contributed by atoms with Crippen LogP contribution in [-0.2, 0) is 16.1 Å². The highest BCUT2D eigenvalue weighted by molar-refractivity contribution is 5.96. The number of amides is 1. The molecule has 3 aromatic rings. The molecule has 6 bridgehead atoms. The smallest absolute Gasteiger partial charge is 0.251 e. The van der Waals surface area contributed by atoms with Crippen molar-refractivity contribution >= 4 is 23.6 Å². The molecule has 0 unspecified atom stereocenters. The zero-order valence-corrected chi connectivity index (χ0v) is 19.5. The molecule has 9 nitrogen and oxygen atoms in total. The summed E-state index contributed by atoms with van der Waals surface area (Å²) in [7, 11) is 0. The summed E-state index contributed by atoms with van der Waals surface area (Å²) in [5, 5.41) is 6.27. The third kappa shape index (κ3) is 6.33. The van der Waals surface area contributed by atoms with Gasteiger partial charge in [0.15, 0.2) is 5.76 Å². The van der Waals surface area contributed by atoms with Crippen molar-refractivity contribution < 1.29 is 18.7 Å². The van der Waals surface area contributed by atoms with Crippen LogP contribution < -0.4 is 10.6 Å². The fraction of sp³-hybridized carbons (Fsp3) is 0.346. The van der Waals surface area contributed by atoms with E-state index in [0.717, 1.165) is 56.3 Å². The topological polar surface area (TPSA) is 102 Å². The highest BCUT2D eigenvalue weighted by atomic mass is 16.5. The van der Waals surface area contributed by atoms with E-state index in [1.165, 1.54) is 0 Å². The lowest BCUT2D eigenvalue weighted by Crippen LogP contribution is -2.38. The van der Waals surface area contributed by atoms with E-state index in [1.54, 1.807) is 12.3 Å². The van der Waals surface area contributed by atoms with Crippen molar-refractivity contribution in [1.82, 2.24) is 20.2 Å². The van der Waals surface area contributed by atoms with Crippen molar-refractivity contribution in [3.63, 3.8) is 0 Å². The summed E-state index contributed by atoms with van der Waals surface area (Å²) in [4.78, 5) is 24.2. The molecule has 2 aliphatic rings. The average molecular weight is 476 g/mol. The molecule has 2 N–H and O–H groups in total. The van der Waals surface area contributed by atoms with E-state index < -0.39 is 0 Å². The zero-order chi connectivity index (χ0) is 23.9. The lowest BCUT2D eigenvalue weighted by Gasteiger charge is -2.26. The second-order valence-electron chi connectivity index (χ2n) is 8.48. The molecule has 2 aromatic heterocycles. The van der Waals surface area contributed by atoms with Crippen molar-refractivity contribution in [1.29, 1.82) is 0 Å². The van der Waals surface area contributed by atoms with Crippen LogP contribution in [0.15, 0.2) is 53.1 Å². The van der Waals surface area contributed by atoms with Gasteiger partial charge in [0.2, 0.25) is 5.95 Å². The fourth-order valence-electron chi connectivity index (χ4n) is 4.07. The van der Waals surface area contributed by atoms with Gasteiger partial charge in [0.1, 0.15) is 18.1 Å². The number of aromatic nitrogens is 2. The zero-order valence-electron chi connectivity index (χ0n) is 19.5. The molecule has 2 aliphatic heterocycles. The number of benzene rings is 1. The van der Waals surface area contributed by atoms with Gasteiger partial charge in [-0.3, -0.25) is 9.69 Å². The number of carbonyl (C=O) groups excluding carboxylic acids is 1. The number of rotatable bonds is 5. The molecule has 5 rings (SSSR count). The van der Waals surface area contributed by atoms with Crippen LogP contribution in [0, 0.1) is 0 Å². The molecule has 1 fully saturated rings. The maximum Gasteiger partial charge on any atom is 0.251 e. The van der Waals surface area contributed by atoms with E-state index in [2.05, 4.69) is 25.5 Å². The van der Waals surface area contributed by atoms with Crippen LogP contribution in [-0.4, -0.2) is 66.8 Å². The van der Waals surface area contributed by atoms with Gasteiger partial charge in [-0.1, -0.05) is 12.2 Å². The summed E-state index contributed by atoms with van der Waals surface area (Å²) >= 11 is 0. The first-order valence-corrected chi connectivity index (χ1v) is 11.9. The molecule has 0 radical (unpaired) electrons. The average Bonchev–Trinajstić information content (AvgIpc) is 3.35. The molecule has 0 saturated carbocycles. The monoisotopic (exact) mass is 475 g/mol. The number of carbonyl (C=O) groups is 1. The predicted molar refractivity (Wildman–Crippen MR) is 132 cm³/mol. The predicted octanol–water partition coefficient (Wildman–Crippen LogP) is 3.48. The van der Waals surface area contributed by atoms with Gasteiger partial charge < -0.3 is 24.5 Å². The van der Waals surface area contributed by atoms with Gasteiger partial charge in [-0.15, -0.1) is 0 Å². The second-order valence-corrected chi connectivity index (χ2v) is 8.48. The van der Waals surface area contributed by atoms with Crippen molar-refractivity contribution in [2.75, 3.05) is 51.3 Å². The lowest BCUT2D eigenvalue weighted by atomic mass is 10.1. The Bertz CT molecular complexity index is 1190. The minimum absolute atomic E-state index is 0.114. The summed E-state index contributed by atoms with van der Waals surface area (Å²) in [5.74, 6) is 1.68. The summed E-state index contributed by atoms with van der Waals surface area (Å²) in [6.45, 7) is 5.80. The normalized spacial score (nSPS) is 17.0. The Labute approximate surface area is 204 Å². The third-order valence-corrected chi connectivity index (χ3v) is 5.85. The summed E-state index contributed by atoms with van der Waals surface area (Å²) < 4.78 is 16.9. The molecule has 0 atom stereocenters. The van der Waals surface area contributed by atoms with Crippen molar-refractivity contribution in [2.45, 2.75) is 13.0 Å². The first-order chi connectivity index (χ1) is 17.2. The number of ether oxygens (including phenoxy) is 2. The van der Waals surface area contributed by atoms with Crippen LogP contribution in [0.2, 0.25) is 0 Å². The number of nitrogens with zero attached hydrogens (tertiary/aromatic N) is 3. The van der Waals surface area contributed by atoms with Gasteiger partial charge in [0.05, 0.1) is 19.8 Å². The van der Waals surface area contributed by atoms with Crippen LogP contribution >= 0.6 is 0 Å². The number of furan rings is 1.